The molecule has 0 aromatic rings. The Morgan fingerprint density at radius 3 is 2.88 bits per heavy atom. The largest absolute Gasteiger partial charge is 0.380 e. The predicted octanol–water partition coefficient (Wildman–Crippen LogP) is -0.0493. The fourth-order valence-corrected chi connectivity index (χ4v) is 1.87. The smallest absolute Gasteiger partial charge is 0.237 e. The van der Waals surface area contributed by atoms with Crippen LogP contribution in [-0.4, -0.2) is 55.7 Å². The Kier molecular flexibility index (Phi) is 6.47. The van der Waals surface area contributed by atoms with Crippen LogP contribution in [0.2, 0.25) is 0 Å². The third-order valence-electron chi connectivity index (χ3n) is 2.84. The third-order valence-corrected chi connectivity index (χ3v) is 2.84. The van der Waals surface area contributed by atoms with Gasteiger partial charge in [0.25, 0.3) is 0 Å². The number of ether oxygens (including phenoxy) is 1. The second kappa shape index (κ2) is 7.63. The van der Waals surface area contributed by atoms with E-state index in [4.69, 9.17) is 10.5 Å². The first kappa shape index (κ1) is 14.4. The number of nitrogens with two attached hydrogens (primary N) is 1. The number of nitrogens with one attached hydrogen (secondary N) is 1. The molecule has 1 heterocycles. The van der Waals surface area contributed by atoms with Gasteiger partial charge in [0.05, 0.1) is 12.6 Å². The minimum Gasteiger partial charge on any atom is -0.380 e. The molecule has 0 aromatic carbocycles. The van der Waals surface area contributed by atoms with E-state index >= 15 is 0 Å². The Labute approximate surface area is 104 Å². The zero-order valence-electron chi connectivity index (χ0n) is 10.9. The van der Waals surface area contributed by atoms with Gasteiger partial charge in [-0.1, -0.05) is 0 Å². The Bertz CT molecular complexity index is 226. The summed E-state index contributed by atoms with van der Waals surface area (Å²) in [6.45, 7) is 8.37. The predicted molar refractivity (Wildman–Crippen MR) is 67.7 cm³/mol. The van der Waals surface area contributed by atoms with Crippen LogP contribution >= 0.6 is 0 Å². The molecule has 1 rings (SSSR count). The molecule has 1 amide bonds. The Morgan fingerprint density at radius 2 is 2.18 bits per heavy atom. The van der Waals surface area contributed by atoms with E-state index in [2.05, 4.69) is 10.2 Å². The highest BCUT2D eigenvalue weighted by molar-refractivity contribution is 5.81. The molecule has 3 N–H and O–H groups in total. The van der Waals surface area contributed by atoms with E-state index < -0.39 is 6.04 Å². The van der Waals surface area contributed by atoms with E-state index in [-0.39, 0.29) is 11.9 Å². The maximum atomic E-state index is 11.6. The van der Waals surface area contributed by atoms with Crippen LogP contribution in [0.4, 0.5) is 0 Å². The molecule has 5 nitrogen and oxygen atoms in total. The SMILES string of the molecule is CC(C)NC(=O)[C@@H](N)CCN1CCCOCC1. The molecule has 0 saturated carbocycles. The van der Waals surface area contributed by atoms with Crippen LogP contribution in [-0.2, 0) is 9.53 Å². The Morgan fingerprint density at radius 1 is 1.41 bits per heavy atom. The van der Waals surface area contributed by atoms with Gasteiger partial charge in [0.1, 0.15) is 0 Å². The standard InChI is InChI=1S/C12H25N3O2/c1-10(2)14-12(16)11(13)4-6-15-5-3-8-17-9-7-15/h10-11H,3-9,13H2,1-2H3,(H,14,16)/t11-/m0/s1. The molecule has 1 aliphatic rings. The molecule has 17 heavy (non-hydrogen) atoms. The number of rotatable bonds is 5. The molecule has 0 aromatic heterocycles. The average molecular weight is 243 g/mol. The van der Waals surface area contributed by atoms with Crippen molar-refractivity contribution in [2.24, 2.45) is 5.73 Å². The maximum absolute atomic E-state index is 11.6. The van der Waals surface area contributed by atoms with Gasteiger partial charge in [0.15, 0.2) is 0 Å². The van der Waals surface area contributed by atoms with Crippen molar-refractivity contribution in [2.45, 2.75) is 38.8 Å². The summed E-state index contributed by atoms with van der Waals surface area (Å²) < 4.78 is 5.38. The lowest BCUT2D eigenvalue weighted by atomic mass is 10.2. The summed E-state index contributed by atoms with van der Waals surface area (Å²) >= 11 is 0. The van der Waals surface area contributed by atoms with E-state index in [1.807, 2.05) is 13.8 Å². The molecule has 1 saturated heterocycles. The van der Waals surface area contributed by atoms with E-state index in [0.717, 1.165) is 39.3 Å². The van der Waals surface area contributed by atoms with Crippen molar-refractivity contribution < 1.29 is 9.53 Å². The summed E-state index contributed by atoms with van der Waals surface area (Å²) in [5, 5.41) is 2.84. The van der Waals surface area contributed by atoms with Gasteiger partial charge in [0.2, 0.25) is 5.91 Å². The van der Waals surface area contributed by atoms with Gasteiger partial charge >= 0.3 is 0 Å². The minimum absolute atomic E-state index is 0.0499. The zero-order valence-corrected chi connectivity index (χ0v) is 10.9. The molecular weight excluding hydrogens is 218 g/mol. The second-order valence-corrected chi connectivity index (χ2v) is 4.87. The van der Waals surface area contributed by atoms with E-state index in [1.54, 1.807) is 0 Å². The highest BCUT2D eigenvalue weighted by atomic mass is 16.5. The summed E-state index contributed by atoms with van der Waals surface area (Å²) in [6.07, 6.45) is 1.77. The first-order valence-electron chi connectivity index (χ1n) is 6.45. The number of carbonyl (C=O) groups is 1. The van der Waals surface area contributed by atoms with Crippen molar-refractivity contribution in [3.63, 3.8) is 0 Å². The van der Waals surface area contributed by atoms with Crippen molar-refractivity contribution in [1.29, 1.82) is 0 Å². The normalized spacial score (nSPS) is 20.0. The number of carbonyl (C=O) groups excluding carboxylic acids is 1. The molecule has 1 fully saturated rings. The molecule has 0 radical (unpaired) electrons. The molecular formula is C12H25N3O2. The molecule has 1 aliphatic heterocycles. The molecule has 0 aliphatic carbocycles. The summed E-state index contributed by atoms with van der Waals surface area (Å²) in [7, 11) is 0. The lowest BCUT2D eigenvalue weighted by Crippen LogP contribution is -2.45. The fourth-order valence-electron chi connectivity index (χ4n) is 1.87. The summed E-state index contributed by atoms with van der Waals surface area (Å²) in [5.41, 5.74) is 5.85. The Hall–Kier alpha value is -0.650. The lowest BCUT2D eigenvalue weighted by molar-refractivity contribution is -0.123. The summed E-state index contributed by atoms with van der Waals surface area (Å²) in [6, 6.07) is -0.248. The van der Waals surface area contributed by atoms with Gasteiger partial charge in [-0.15, -0.1) is 0 Å². The monoisotopic (exact) mass is 243 g/mol. The van der Waals surface area contributed by atoms with Crippen molar-refractivity contribution in [3.8, 4) is 0 Å². The van der Waals surface area contributed by atoms with Crippen LogP contribution in [0.5, 0.6) is 0 Å². The quantitative estimate of drug-likeness (QED) is 0.710. The summed E-state index contributed by atoms with van der Waals surface area (Å²) in [4.78, 5) is 13.9. The molecule has 1 atom stereocenters. The maximum Gasteiger partial charge on any atom is 0.237 e. The van der Waals surface area contributed by atoms with E-state index in [0.29, 0.717) is 6.42 Å². The van der Waals surface area contributed by atoms with Crippen molar-refractivity contribution in [1.82, 2.24) is 10.2 Å². The minimum atomic E-state index is -0.401. The van der Waals surface area contributed by atoms with Crippen LogP contribution in [0.25, 0.3) is 0 Å². The van der Waals surface area contributed by atoms with Crippen LogP contribution in [0, 0.1) is 0 Å². The molecule has 0 unspecified atom stereocenters. The van der Waals surface area contributed by atoms with E-state index in [9.17, 15) is 4.79 Å². The second-order valence-electron chi connectivity index (χ2n) is 4.87. The van der Waals surface area contributed by atoms with Gasteiger partial charge in [-0.2, -0.15) is 0 Å². The number of amides is 1. The van der Waals surface area contributed by atoms with Gasteiger partial charge in [-0.3, -0.25) is 4.79 Å². The lowest BCUT2D eigenvalue weighted by Gasteiger charge is -2.21. The molecule has 0 bridgehead atoms. The zero-order chi connectivity index (χ0) is 12.7. The third kappa shape index (κ3) is 6.00. The highest BCUT2D eigenvalue weighted by Crippen LogP contribution is 2.01. The van der Waals surface area contributed by atoms with Gasteiger partial charge in [-0.25, -0.2) is 0 Å². The van der Waals surface area contributed by atoms with Crippen molar-refractivity contribution in [3.05, 3.63) is 0 Å². The average Bonchev–Trinajstić information content (AvgIpc) is 2.53. The molecule has 0 spiro atoms. The fraction of sp³-hybridized carbons (Fsp3) is 0.917. The van der Waals surface area contributed by atoms with Crippen LogP contribution in [0.15, 0.2) is 0 Å². The number of nitrogens with zero attached hydrogens (tertiary/aromatic N) is 1. The van der Waals surface area contributed by atoms with Crippen molar-refractivity contribution in [2.75, 3.05) is 32.8 Å². The van der Waals surface area contributed by atoms with Crippen LogP contribution in [0.3, 0.4) is 0 Å². The first-order chi connectivity index (χ1) is 8.09. The van der Waals surface area contributed by atoms with Gasteiger partial charge in [-0.05, 0) is 26.7 Å². The van der Waals surface area contributed by atoms with Gasteiger partial charge in [0, 0.05) is 32.3 Å². The molecule has 100 valence electrons. The van der Waals surface area contributed by atoms with Gasteiger partial charge < -0.3 is 20.7 Å². The van der Waals surface area contributed by atoms with Crippen molar-refractivity contribution >= 4 is 5.91 Å². The number of hydrogen-bond donors (Lipinski definition) is 2. The molecule has 5 heteroatoms. The first-order valence-corrected chi connectivity index (χ1v) is 6.45. The number of hydrogen-bond acceptors (Lipinski definition) is 4. The van der Waals surface area contributed by atoms with Crippen LogP contribution < -0.4 is 11.1 Å². The van der Waals surface area contributed by atoms with Crippen LogP contribution in [0.1, 0.15) is 26.7 Å². The summed E-state index contributed by atoms with van der Waals surface area (Å²) in [5.74, 6) is -0.0499. The highest BCUT2D eigenvalue weighted by Gasteiger charge is 2.16. The Balaban J connectivity index is 2.21. The topological polar surface area (TPSA) is 67.6 Å². The van der Waals surface area contributed by atoms with E-state index in [1.165, 1.54) is 0 Å².